The van der Waals surface area contributed by atoms with Gasteiger partial charge in [0.1, 0.15) is 0 Å². The first-order valence-electron chi connectivity index (χ1n) is 0. The van der Waals surface area contributed by atoms with Crippen LogP contribution in [0.15, 0.2) is 0 Å². The maximum Gasteiger partial charge on any atom is 2.00 e. The van der Waals surface area contributed by atoms with E-state index in [-0.39, 0.29) is 54.8 Å². The predicted molar refractivity (Wildman–Crippen MR) is 22.4 cm³/mol. The van der Waals surface area contributed by atoms with Gasteiger partial charge in [-0.15, -0.1) is 0 Å². The van der Waals surface area contributed by atoms with Crippen LogP contribution in [0.1, 0.15) is 0 Å². The van der Waals surface area contributed by atoms with Gasteiger partial charge in [-0.1, -0.05) is 0 Å². The molecule has 0 amide bonds. The molecule has 0 saturated heterocycles. The molecular formula is H12NiO7. The molecule has 7 nitrogen and oxygen atoms in total. The normalized spacial score (nSPS) is 0. The van der Waals surface area contributed by atoms with Crippen LogP contribution < -0.4 is 0 Å². The number of hydrogen-bond donors (Lipinski definition) is 0. The maximum absolute atomic E-state index is 0. The minimum absolute atomic E-state index is 0. The molecule has 0 saturated carbocycles. The van der Waals surface area contributed by atoms with E-state index in [0.717, 1.165) is 0 Å². The Morgan fingerprint density at radius 3 is 0.375 bits per heavy atom. The second-order valence-electron chi connectivity index (χ2n) is 0. The van der Waals surface area contributed by atoms with E-state index in [4.69, 9.17) is 0 Å². The van der Waals surface area contributed by atoms with Gasteiger partial charge in [0, 0.05) is 0 Å². The van der Waals surface area contributed by atoms with Gasteiger partial charge in [-0.2, -0.15) is 0 Å². The second kappa shape index (κ2) is 6110. The van der Waals surface area contributed by atoms with E-state index >= 15 is 0 Å². The topological polar surface area (TPSA) is 218 Å². The first kappa shape index (κ1) is 9380. The number of hydrogen-bond acceptors (Lipinski definition) is 0. The third-order valence-electron chi connectivity index (χ3n) is 0. The largest absolute Gasteiger partial charge is 2.00 e. The summed E-state index contributed by atoms with van der Waals surface area (Å²) >= 11 is 0. The second-order valence-corrected chi connectivity index (χ2v) is 0. The molecule has 8 heavy (non-hydrogen) atoms. The van der Waals surface area contributed by atoms with Gasteiger partial charge in [0.25, 0.3) is 0 Å². The van der Waals surface area contributed by atoms with Crippen molar-refractivity contribution in [1.29, 1.82) is 0 Å². The van der Waals surface area contributed by atoms with Crippen LogP contribution in [-0.2, 0) is 22.0 Å². The first-order chi connectivity index (χ1) is 0. The molecule has 0 fully saturated rings. The molecule has 0 aliphatic heterocycles. The molecule has 0 heterocycles. The van der Waals surface area contributed by atoms with E-state index in [1.54, 1.807) is 0 Å². The molecule has 0 spiro atoms. The molecule has 0 unspecified atom stereocenters. The van der Waals surface area contributed by atoms with Gasteiger partial charge in [-0.3, -0.25) is 0 Å². The molecule has 0 bridgehead atoms. The Hall–Kier alpha value is 0.214. The molecule has 0 aromatic carbocycles. The standard InChI is InChI=1S/Ni.6H2O.O/h;6*1H2;/q+2;;;;;;;-2. The maximum atomic E-state index is 0. The molecule has 0 radical (unpaired) electrons. The molecule has 0 atom stereocenters. The monoisotopic (exact) mass is 182 g/mol. The molecule has 0 aliphatic rings. The van der Waals surface area contributed by atoms with E-state index < -0.39 is 0 Å². The predicted octanol–water partition coefficient (Wildman–Crippen LogP) is -5.07. The molecule has 0 aromatic heterocycles. The Labute approximate surface area is 55.8 Å². The average Bonchev–Trinajstić information content (AvgIpc) is 0. The van der Waals surface area contributed by atoms with Gasteiger partial charge in [0.15, 0.2) is 0 Å². The Balaban J connectivity index is 0. The van der Waals surface area contributed by atoms with Crippen LogP contribution in [0.3, 0.4) is 0 Å². The quantitative estimate of drug-likeness (QED) is 0.321. The van der Waals surface area contributed by atoms with E-state index in [0.29, 0.717) is 0 Å². The Morgan fingerprint density at radius 1 is 0.375 bits per heavy atom. The zero-order valence-electron chi connectivity index (χ0n) is 3.72. The average molecular weight is 183 g/mol. The fourth-order valence-corrected chi connectivity index (χ4v) is 0. The van der Waals surface area contributed by atoms with Crippen molar-refractivity contribution in [3.05, 3.63) is 0 Å². The minimum Gasteiger partial charge on any atom is -2.00 e. The Bertz CT molecular complexity index is 4.35. The van der Waals surface area contributed by atoms with Crippen LogP contribution >= 0.6 is 0 Å². The molecule has 0 aliphatic carbocycles. The van der Waals surface area contributed by atoms with Crippen molar-refractivity contribution < 1.29 is 54.8 Å². The summed E-state index contributed by atoms with van der Waals surface area (Å²) in [7, 11) is 0. The van der Waals surface area contributed by atoms with Crippen molar-refractivity contribution in [1.82, 2.24) is 0 Å². The van der Waals surface area contributed by atoms with Gasteiger partial charge in [-0.05, 0) is 0 Å². The third kappa shape index (κ3) is 3700. The summed E-state index contributed by atoms with van der Waals surface area (Å²) in [6.45, 7) is 0. The molecule has 8 heteroatoms. The number of rotatable bonds is 0. The third-order valence-corrected chi connectivity index (χ3v) is 0. The zero-order chi connectivity index (χ0) is 0. The fraction of sp³-hybridized carbons (Fsp3) is 0. The van der Waals surface area contributed by atoms with E-state index in [9.17, 15) is 0 Å². The van der Waals surface area contributed by atoms with Crippen LogP contribution in [0.25, 0.3) is 0 Å². The van der Waals surface area contributed by atoms with Gasteiger partial charge in [0.2, 0.25) is 0 Å². The van der Waals surface area contributed by atoms with Crippen LogP contribution in [0, 0.1) is 0 Å². The van der Waals surface area contributed by atoms with E-state index in [1.165, 1.54) is 0 Å². The Morgan fingerprint density at radius 2 is 0.375 bits per heavy atom. The summed E-state index contributed by atoms with van der Waals surface area (Å²) in [5, 5.41) is 0. The van der Waals surface area contributed by atoms with Crippen LogP contribution in [0.5, 0.6) is 0 Å². The van der Waals surface area contributed by atoms with Crippen molar-refractivity contribution in [2.75, 3.05) is 0 Å². The zero-order valence-corrected chi connectivity index (χ0v) is 4.71. The summed E-state index contributed by atoms with van der Waals surface area (Å²) in [5.74, 6) is 0. The van der Waals surface area contributed by atoms with E-state index in [1.807, 2.05) is 0 Å². The van der Waals surface area contributed by atoms with Gasteiger partial charge in [-0.25, -0.2) is 0 Å². The minimum atomic E-state index is 0. The SMILES string of the molecule is O.O.O.O.O.O.[Ni+2].[O-2]. The van der Waals surface area contributed by atoms with Gasteiger partial charge >= 0.3 is 16.5 Å². The molecule has 0 aromatic rings. The van der Waals surface area contributed by atoms with Crippen molar-refractivity contribution in [2.24, 2.45) is 0 Å². The summed E-state index contributed by atoms with van der Waals surface area (Å²) < 4.78 is 0. The molecule has 12 N–H and O–H groups in total. The van der Waals surface area contributed by atoms with Crippen molar-refractivity contribution in [2.45, 2.75) is 0 Å². The summed E-state index contributed by atoms with van der Waals surface area (Å²) in [4.78, 5) is 0. The Kier molecular flexibility index (Phi) is 7160000. The van der Waals surface area contributed by atoms with Crippen molar-refractivity contribution in [3.63, 3.8) is 0 Å². The summed E-state index contributed by atoms with van der Waals surface area (Å²) in [6.07, 6.45) is 0. The first-order valence-corrected chi connectivity index (χ1v) is 0. The van der Waals surface area contributed by atoms with Crippen molar-refractivity contribution >= 4 is 0 Å². The molecular weight excluding hydrogens is 171 g/mol. The summed E-state index contributed by atoms with van der Waals surface area (Å²) in [5.41, 5.74) is 0. The van der Waals surface area contributed by atoms with Crippen LogP contribution in [-0.4, -0.2) is 32.9 Å². The fourth-order valence-electron chi connectivity index (χ4n) is 0. The van der Waals surface area contributed by atoms with Gasteiger partial charge in [0.05, 0.1) is 0 Å². The van der Waals surface area contributed by atoms with Crippen LogP contribution in [0.2, 0.25) is 0 Å². The van der Waals surface area contributed by atoms with Crippen molar-refractivity contribution in [3.8, 4) is 0 Å². The van der Waals surface area contributed by atoms with Gasteiger partial charge < -0.3 is 38.3 Å². The molecule has 64 valence electrons. The summed E-state index contributed by atoms with van der Waals surface area (Å²) in [6, 6.07) is 0. The smallest absolute Gasteiger partial charge is 2.00 e. The molecule has 0 rings (SSSR count). The van der Waals surface area contributed by atoms with E-state index in [2.05, 4.69) is 0 Å². The van der Waals surface area contributed by atoms with Crippen LogP contribution in [0.4, 0.5) is 0 Å².